The number of carbonyl (C=O) groups excluding carboxylic acids is 1. The average Bonchev–Trinajstić information content (AvgIpc) is 3.07. The first-order chi connectivity index (χ1) is 11.5. The van der Waals surface area contributed by atoms with Crippen LogP contribution in [-0.4, -0.2) is 23.0 Å². The Morgan fingerprint density at radius 2 is 1.83 bits per heavy atom. The van der Waals surface area contributed by atoms with Crippen molar-refractivity contribution in [2.24, 2.45) is 0 Å². The Balaban J connectivity index is 1.75. The summed E-state index contributed by atoms with van der Waals surface area (Å²) in [6.07, 6.45) is 0. The predicted octanol–water partition coefficient (Wildman–Crippen LogP) is 4.92. The van der Waals surface area contributed by atoms with Gasteiger partial charge in [0.25, 0.3) is 5.91 Å². The van der Waals surface area contributed by atoms with Gasteiger partial charge < -0.3 is 9.42 Å². The molecule has 1 heterocycles. The molecule has 2 aromatic carbocycles. The van der Waals surface area contributed by atoms with Crippen molar-refractivity contribution < 1.29 is 9.32 Å². The molecule has 24 heavy (non-hydrogen) atoms. The van der Waals surface area contributed by atoms with Gasteiger partial charge in [0.2, 0.25) is 0 Å². The number of benzene rings is 2. The van der Waals surface area contributed by atoms with Crippen molar-refractivity contribution in [3.63, 3.8) is 0 Å². The molecule has 0 aliphatic heterocycles. The quantitative estimate of drug-likeness (QED) is 0.663. The lowest BCUT2D eigenvalue weighted by Gasteiger charge is -2.16. The van der Waals surface area contributed by atoms with Crippen LogP contribution in [0.25, 0.3) is 11.3 Å². The van der Waals surface area contributed by atoms with E-state index in [0.29, 0.717) is 22.4 Å². The highest BCUT2D eigenvalue weighted by molar-refractivity contribution is 6.31. The summed E-state index contributed by atoms with van der Waals surface area (Å²) in [7, 11) is 1.70. The van der Waals surface area contributed by atoms with Gasteiger partial charge in [0.05, 0.1) is 0 Å². The Bertz CT molecular complexity index is 859. The predicted molar refractivity (Wildman–Crippen MR) is 94.2 cm³/mol. The monoisotopic (exact) mass is 360 g/mol. The fourth-order valence-corrected chi connectivity index (χ4v) is 2.60. The van der Waals surface area contributed by atoms with E-state index in [0.717, 1.165) is 11.1 Å². The van der Waals surface area contributed by atoms with E-state index in [1.54, 1.807) is 36.2 Å². The van der Waals surface area contributed by atoms with Crippen LogP contribution in [-0.2, 0) is 6.54 Å². The highest BCUT2D eigenvalue weighted by Gasteiger charge is 2.18. The fraction of sp³-hybridized carbons (Fsp3) is 0.111. The van der Waals surface area contributed by atoms with Crippen molar-refractivity contribution in [3.05, 3.63) is 75.9 Å². The molecule has 3 rings (SSSR count). The van der Waals surface area contributed by atoms with Crippen LogP contribution < -0.4 is 0 Å². The van der Waals surface area contributed by atoms with Gasteiger partial charge in [-0.2, -0.15) is 0 Å². The molecular weight excluding hydrogens is 347 g/mol. The van der Waals surface area contributed by atoms with Gasteiger partial charge in [-0.1, -0.05) is 46.6 Å². The van der Waals surface area contributed by atoms with E-state index in [9.17, 15) is 4.79 Å². The lowest BCUT2D eigenvalue weighted by Crippen LogP contribution is -2.26. The molecule has 4 nitrogen and oxygen atoms in total. The Labute approximate surface area is 149 Å². The number of carbonyl (C=O) groups is 1. The Hall–Kier alpha value is -2.30. The molecule has 0 bridgehead atoms. The molecule has 1 amide bonds. The van der Waals surface area contributed by atoms with Crippen molar-refractivity contribution in [3.8, 4) is 11.3 Å². The molecule has 1 aromatic heterocycles. The second-order valence-corrected chi connectivity index (χ2v) is 6.18. The molecule has 0 saturated carbocycles. The van der Waals surface area contributed by atoms with Gasteiger partial charge in [0, 0.05) is 35.3 Å². The van der Waals surface area contributed by atoms with Crippen LogP contribution >= 0.6 is 23.2 Å². The minimum Gasteiger partial charge on any atom is -0.355 e. The summed E-state index contributed by atoms with van der Waals surface area (Å²) >= 11 is 12.0. The molecule has 0 unspecified atom stereocenters. The summed E-state index contributed by atoms with van der Waals surface area (Å²) in [5.74, 6) is 0.278. The van der Waals surface area contributed by atoms with Crippen molar-refractivity contribution in [1.82, 2.24) is 10.1 Å². The maximum Gasteiger partial charge on any atom is 0.276 e. The van der Waals surface area contributed by atoms with E-state index >= 15 is 0 Å². The van der Waals surface area contributed by atoms with Crippen molar-refractivity contribution in [2.75, 3.05) is 7.05 Å². The summed E-state index contributed by atoms with van der Waals surface area (Å²) in [4.78, 5) is 14.0. The third-order valence-corrected chi connectivity index (χ3v) is 4.19. The zero-order valence-corrected chi connectivity index (χ0v) is 14.4. The molecule has 0 radical (unpaired) electrons. The van der Waals surface area contributed by atoms with E-state index in [-0.39, 0.29) is 11.6 Å². The van der Waals surface area contributed by atoms with Crippen LogP contribution in [0.1, 0.15) is 16.1 Å². The van der Waals surface area contributed by atoms with E-state index in [4.69, 9.17) is 27.7 Å². The molecule has 0 fully saturated rings. The number of amides is 1. The molecule has 122 valence electrons. The first kappa shape index (κ1) is 16.6. The Morgan fingerprint density at radius 1 is 1.12 bits per heavy atom. The van der Waals surface area contributed by atoms with Crippen LogP contribution in [0.15, 0.2) is 59.1 Å². The number of aromatic nitrogens is 1. The lowest BCUT2D eigenvalue weighted by molar-refractivity contribution is 0.0775. The van der Waals surface area contributed by atoms with Gasteiger partial charge in [0.15, 0.2) is 11.5 Å². The van der Waals surface area contributed by atoms with Gasteiger partial charge in [-0.15, -0.1) is 0 Å². The third kappa shape index (κ3) is 3.61. The summed E-state index contributed by atoms with van der Waals surface area (Å²) in [5.41, 5.74) is 1.92. The van der Waals surface area contributed by atoms with E-state index < -0.39 is 0 Å². The Morgan fingerprint density at radius 3 is 2.54 bits per heavy atom. The van der Waals surface area contributed by atoms with E-state index in [1.165, 1.54) is 0 Å². The fourth-order valence-electron chi connectivity index (χ4n) is 2.28. The molecular formula is C18H14Cl2N2O2. The number of hydrogen-bond acceptors (Lipinski definition) is 3. The smallest absolute Gasteiger partial charge is 0.276 e. The van der Waals surface area contributed by atoms with E-state index in [1.807, 2.05) is 30.3 Å². The lowest BCUT2D eigenvalue weighted by atomic mass is 10.1. The zero-order valence-electron chi connectivity index (χ0n) is 12.9. The maximum absolute atomic E-state index is 12.5. The minimum absolute atomic E-state index is 0.237. The normalized spacial score (nSPS) is 10.6. The second kappa shape index (κ2) is 7.07. The first-order valence-electron chi connectivity index (χ1n) is 7.26. The average molecular weight is 361 g/mol. The van der Waals surface area contributed by atoms with Gasteiger partial charge in [-0.25, -0.2) is 0 Å². The molecule has 0 spiro atoms. The largest absolute Gasteiger partial charge is 0.355 e. The van der Waals surface area contributed by atoms with Crippen LogP contribution in [0.2, 0.25) is 10.0 Å². The van der Waals surface area contributed by atoms with Gasteiger partial charge in [0.1, 0.15) is 0 Å². The number of rotatable bonds is 4. The minimum atomic E-state index is -0.237. The van der Waals surface area contributed by atoms with Crippen LogP contribution in [0.3, 0.4) is 0 Å². The maximum atomic E-state index is 12.5. The van der Waals surface area contributed by atoms with Crippen LogP contribution in [0.5, 0.6) is 0 Å². The first-order valence-corrected chi connectivity index (χ1v) is 8.01. The van der Waals surface area contributed by atoms with Crippen LogP contribution in [0, 0.1) is 0 Å². The Kier molecular flexibility index (Phi) is 4.88. The standard InChI is InChI=1S/C18H14Cl2N2O2/c1-22(11-13-4-2-3-5-15(13)20)18(23)16-10-17(24-21-16)12-6-8-14(19)9-7-12/h2-10H,11H2,1H3. The molecule has 6 heteroatoms. The molecule has 0 saturated heterocycles. The molecule has 0 atom stereocenters. The number of halogens is 2. The van der Waals surface area contributed by atoms with Crippen LogP contribution in [0.4, 0.5) is 0 Å². The van der Waals surface area contributed by atoms with E-state index in [2.05, 4.69) is 5.16 Å². The molecule has 0 aliphatic carbocycles. The summed E-state index contributed by atoms with van der Waals surface area (Å²) < 4.78 is 5.27. The summed E-state index contributed by atoms with van der Waals surface area (Å²) in [6, 6.07) is 16.2. The summed E-state index contributed by atoms with van der Waals surface area (Å²) in [6.45, 7) is 0.391. The number of hydrogen-bond donors (Lipinski definition) is 0. The van der Waals surface area contributed by atoms with Gasteiger partial charge >= 0.3 is 0 Å². The summed E-state index contributed by atoms with van der Waals surface area (Å²) in [5, 5.41) is 5.13. The second-order valence-electron chi connectivity index (χ2n) is 5.34. The molecule has 3 aromatic rings. The van der Waals surface area contributed by atoms with Gasteiger partial charge in [-0.05, 0) is 35.9 Å². The molecule has 0 aliphatic rings. The van der Waals surface area contributed by atoms with Crippen molar-refractivity contribution >= 4 is 29.1 Å². The highest BCUT2D eigenvalue weighted by Crippen LogP contribution is 2.23. The highest BCUT2D eigenvalue weighted by atomic mass is 35.5. The topological polar surface area (TPSA) is 46.3 Å². The van der Waals surface area contributed by atoms with Crippen molar-refractivity contribution in [2.45, 2.75) is 6.54 Å². The number of nitrogens with zero attached hydrogens (tertiary/aromatic N) is 2. The SMILES string of the molecule is CN(Cc1ccccc1Cl)C(=O)c1cc(-c2ccc(Cl)cc2)on1. The molecule has 0 N–H and O–H groups in total. The van der Waals surface area contributed by atoms with Crippen molar-refractivity contribution in [1.29, 1.82) is 0 Å². The third-order valence-electron chi connectivity index (χ3n) is 3.57. The van der Waals surface area contributed by atoms with Gasteiger partial charge in [-0.3, -0.25) is 4.79 Å². The zero-order chi connectivity index (χ0) is 17.1.